The summed E-state index contributed by atoms with van der Waals surface area (Å²) in [5.74, 6) is -3.74. The van der Waals surface area contributed by atoms with Gasteiger partial charge in [-0.15, -0.1) is 0 Å². The van der Waals surface area contributed by atoms with Crippen molar-refractivity contribution in [2.24, 2.45) is 17.4 Å². The third-order valence-corrected chi connectivity index (χ3v) is 4.62. The average molecular weight is 434 g/mol. The first-order chi connectivity index (χ1) is 13.4. The van der Waals surface area contributed by atoms with Gasteiger partial charge in [0.15, 0.2) is 0 Å². The number of carboxylic acids is 1. The SMILES string of the molecule is CSCCC(NC(=O)C(NC(=O)C(N)CC(N)=O)C(C)C)C(=O)NC(C)C(=O)O. The summed E-state index contributed by atoms with van der Waals surface area (Å²) in [5.41, 5.74) is 10.6. The van der Waals surface area contributed by atoms with Gasteiger partial charge in [-0.25, -0.2) is 0 Å². The molecule has 0 heterocycles. The lowest BCUT2D eigenvalue weighted by Crippen LogP contribution is -2.58. The lowest BCUT2D eigenvalue weighted by molar-refractivity contribution is -0.141. The second-order valence-corrected chi connectivity index (χ2v) is 7.90. The Kier molecular flexibility index (Phi) is 11.9. The van der Waals surface area contributed by atoms with Crippen LogP contribution in [0, 0.1) is 5.92 Å². The van der Waals surface area contributed by atoms with Crippen LogP contribution in [0.25, 0.3) is 0 Å². The molecule has 0 spiro atoms. The predicted molar refractivity (Wildman–Crippen MR) is 109 cm³/mol. The Morgan fingerprint density at radius 2 is 1.55 bits per heavy atom. The number of hydrogen-bond acceptors (Lipinski definition) is 7. The normalized spacial score (nSPS) is 15.0. The minimum Gasteiger partial charge on any atom is -0.480 e. The third-order valence-electron chi connectivity index (χ3n) is 3.98. The molecule has 0 rings (SSSR count). The highest BCUT2D eigenvalue weighted by atomic mass is 32.2. The highest BCUT2D eigenvalue weighted by molar-refractivity contribution is 7.98. The number of carboxylic acid groups (broad SMARTS) is 1. The molecule has 0 saturated heterocycles. The number of amides is 4. The molecule has 0 bridgehead atoms. The van der Waals surface area contributed by atoms with Crippen LogP contribution in [0.5, 0.6) is 0 Å². The number of thioether (sulfide) groups is 1. The molecule has 0 aromatic rings. The lowest BCUT2D eigenvalue weighted by atomic mass is 10.0. The first-order valence-electron chi connectivity index (χ1n) is 9.07. The van der Waals surface area contributed by atoms with Crippen molar-refractivity contribution in [2.75, 3.05) is 12.0 Å². The van der Waals surface area contributed by atoms with E-state index in [2.05, 4.69) is 16.0 Å². The summed E-state index contributed by atoms with van der Waals surface area (Å²) in [4.78, 5) is 59.1. The van der Waals surface area contributed by atoms with Crippen molar-refractivity contribution in [3.8, 4) is 0 Å². The molecule has 4 amide bonds. The number of carbonyl (C=O) groups is 5. The maximum atomic E-state index is 12.7. The predicted octanol–water partition coefficient (Wildman–Crippen LogP) is -1.84. The van der Waals surface area contributed by atoms with E-state index in [4.69, 9.17) is 16.6 Å². The standard InChI is InChI=1S/C17H31N5O6S/c1-8(2)13(22-14(24)10(18)7-12(19)23)16(26)21-11(5-6-29-4)15(25)20-9(3)17(27)28/h8-11,13H,5-7,18H2,1-4H3,(H2,19,23)(H,20,25)(H,21,26)(H,22,24)(H,27,28). The number of nitrogens with two attached hydrogens (primary N) is 2. The van der Waals surface area contributed by atoms with Crippen molar-refractivity contribution in [3.63, 3.8) is 0 Å². The average Bonchev–Trinajstić information content (AvgIpc) is 2.61. The van der Waals surface area contributed by atoms with E-state index >= 15 is 0 Å². The van der Waals surface area contributed by atoms with E-state index < -0.39 is 53.8 Å². The van der Waals surface area contributed by atoms with E-state index in [0.717, 1.165) is 0 Å². The Morgan fingerprint density at radius 1 is 0.966 bits per heavy atom. The quantitative estimate of drug-likeness (QED) is 0.195. The third kappa shape index (κ3) is 10.1. The van der Waals surface area contributed by atoms with Crippen molar-refractivity contribution in [2.45, 2.75) is 57.8 Å². The van der Waals surface area contributed by atoms with Gasteiger partial charge in [0, 0.05) is 0 Å². The molecule has 0 saturated carbocycles. The Hall–Kier alpha value is -2.34. The fourth-order valence-corrected chi connectivity index (χ4v) is 2.72. The van der Waals surface area contributed by atoms with Crippen LogP contribution < -0.4 is 27.4 Å². The van der Waals surface area contributed by atoms with Crippen LogP contribution in [0.2, 0.25) is 0 Å². The zero-order valence-electron chi connectivity index (χ0n) is 17.1. The van der Waals surface area contributed by atoms with Crippen LogP contribution in [-0.4, -0.2) is 70.9 Å². The topological polar surface area (TPSA) is 194 Å². The minimum atomic E-state index is -1.20. The fraction of sp³-hybridized carbons (Fsp3) is 0.706. The Labute approximate surface area is 174 Å². The molecule has 12 heteroatoms. The fourth-order valence-electron chi connectivity index (χ4n) is 2.25. The van der Waals surface area contributed by atoms with Gasteiger partial charge in [0.25, 0.3) is 0 Å². The summed E-state index contributed by atoms with van der Waals surface area (Å²) in [6, 6.07) is -4.31. The van der Waals surface area contributed by atoms with E-state index in [-0.39, 0.29) is 18.8 Å². The second-order valence-electron chi connectivity index (χ2n) is 6.92. The molecule has 0 aliphatic rings. The number of carbonyl (C=O) groups excluding carboxylic acids is 4. The van der Waals surface area contributed by atoms with Gasteiger partial charge < -0.3 is 32.5 Å². The van der Waals surface area contributed by atoms with Gasteiger partial charge in [-0.1, -0.05) is 13.8 Å². The highest BCUT2D eigenvalue weighted by Gasteiger charge is 2.31. The van der Waals surface area contributed by atoms with Gasteiger partial charge in [0.05, 0.1) is 12.5 Å². The number of rotatable bonds is 13. The van der Waals surface area contributed by atoms with Gasteiger partial charge in [0.1, 0.15) is 18.1 Å². The number of nitrogens with one attached hydrogen (secondary N) is 3. The Morgan fingerprint density at radius 3 is 2.00 bits per heavy atom. The summed E-state index contributed by atoms with van der Waals surface area (Å²) >= 11 is 1.46. The van der Waals surface area contributed by atoms with Gasteiger partial charge >= 0.3 is 5.97 Å². The minimum absolute atomic E-state index is 0.269. The van der Waals surface area contributed by atoms with Gasteiger partial charge in [-0.2, -0.15) is 11.8 Å². The molecular weight excluding hydrogens is 402 g/mol. The lowest BCUT2D eigenvalue weighted by Gasteiger charge is -2.26. The van der Waals surface area contributed by atoms with Crippen LogP contribution in [0.3, 0.4) is 0 Å². The molecule has 29 heavy (non-hydrogen) atoms. The molecule has 0 aliphatic carbocycles. The number of primary amides is 1. The molecule has 4 unspecified atom stereocenters. The molecule has 0 aromatic carbocycles. The molecule has 166 valence electrons. The van der Waals surface area contributed by atoms with Gasteiger partial charge in [0.2, 0.25) is 23.6 Å². The molecule has 0 aliphatic heterocycles. The largest absolute Gasteiger partial charge is 0.480 e. The second kappa shape index (κ2) is 13.0. The Balaban J connectivity index is 5.23. The molecule has 8 N–H and O–H groups in total. The van der Waals surface area contributed by atoms with E-state index in [1.54, 1.807) is 13.8 Å². The maximum absolute atomic E-state index is 12.7. The van der Waals surface area contributed by atoms with Gasteiger partial charge in [-0.05, 0) is 31.3 Å². The van der Waals surface area contributed by atoms with Crippen molar-refractivity contribution >= 4 is 41.4 Å². The summed E-state index contributed by atoms with van der Waals surface area (Å²) in [6.07, 6.45) is 1.73. The van der Waals surface area contributed by atoms with Crippen molar-refractivity contribution < 1.29 is 29.1 Å². The molecular formula is C17H31N5O6S. The smallest absolute Gasteiger partial charge is 0.325 e. The molecule has 0 fully saturated rings. The van der Waals surface area contributed by atoms with Crippen LogP contribution in [0.1, 0.15) is 33.6 Å². The zero-order chi connectivity index (χ0) is 22.7. The van der Waals surface area contributed by atoms with Crippen molar-refractivity contribution in [1.29, 1.82) is 0 Å². The van der Waals surface area contributed by atoms with E-state index in [1.165, 1.54) is 18.7 Å². The molecule has 0 radical (unpaired) electrons. The van der Waals surface area contributed by atoms with Crippen LogP contribution in [0.4, 0.5) is 0 Å². The number of aliphatic carboxylic acids is 1. The monoisotopic (exact) mass is 433 g/mol. The maximum Gasteiger partial charge on any atom is 0.325 e. The summed E-state index contributed by atoms with van der Waals surface area (Å²) in [5, 5.41) is 16.3. The van der Waals surface area contributed by atoms with Crippen LogP contribution >= 0.6 is 11.8 Å². The summed E-state index contributed by atoms with van der Waals surface area (Å²) in [6.45, 7) is 4.69. The van der Waals surface area contributed by atoms with Gasteiger partial charge in [-0.3, -0.25) is 24.0 Å². The zero-order valence-corrected chi connectivity index (χ0v) is 17.9. The summed E-state index contributed by atoms with van der Waals surface area (Å²) in [7, 11) is 0. The molecule has 11 nitrogen and oxygen atoms in total. The number of hydrogen-bond donors (Lipinski definition) is 6. The van der Waals surface area contributed by atoms with E-state index in [9.17, 15) is 24.0 Å². The van der Waals surface area contributed by atoms with Crippen molar-refractivity contribution in [3.05, 3.63) is 0 Å². The van der Waals surface area contributed by atoms with E-state index in [0.29, 0.717) is 5.75 Å². The van der Waals surface area contributed by atoms with Crippen LogP contribution in [0.15, 0.2) is 0 Å². The summed E-state index contributed by atoms with van der Waals surface area (Å²) < 4.78 is 0. The molecule has 4 atom stereocenters. The molecule has 0 aromatic heterocycles. The first-order valence-corrected chi connectivity index (χ1v) is 10.5. The highest BCUT2D eigenvalue weighted by Crippen LogP contribution is 2.07. The van der Waals surface area contributed by atoms with E-state index in [1.807, 2.05) is 6.26 Å². The Bertz CT molecular complexity index is 615. The van der Waals surface area contributed by atoms with Crippen molar-refractivity contribution in [1.82, 2.24) is 16.0 Å². The first kappa shape index (κ1) is 26.7. The van der Waals surface area contributed by atoms with Crippen LogP contribution in [-0.2, 0) is 24.0 Å².